The average molecular weight is 409 g/mol. The Balaban J connectivity index is 0.000000208. The molecule has 0 aliphatic rings. The van der Waals surface area contributed by atoms with Crippen LogP contribution in [0, 0.1) is 19.3 Å². The molecule has 2 aromatic carbocycles. The lowest BCUT2D eigenvalue weighted by atomic mass is 10.2. The quantitative estimate of drug-likeness (QED) is 0.496. The van der Waals surface area contributed by atoms with Crippen molar-refractivity contribution >= 4 is 31.7 Å². The SMILES string of the molecule is CCOCCn1c(=N)sc2cc(C)ccc21.Cc1ccc(S(=O)(=O)O)cc1. The molecular weight excluding hydrogens is 384 g/mol. The van der Waals surface area contributed by atoms with Gasteiger partial charge in [-0.05, 0) is 50.6 Å². The Morgan fingerprint density at radius 3 is 2.33 bits per heavy atom. The Hall–Kier alpha value is -2.00. The summed E-state index contributed by atoms with van der Waals surface area (Å²) in [6.45, 7) is 8.07. The zero-order valence-corrected chi connectivity index (χ0v) is 17.2. The Kier molecular flexibility index (Phi) is 7.32. The van der Waals surface area contributed by atoms with Crippen LogP contribution in [-0.4, -0.2) is 30.8 Å². The molecule has 6 nitrogen and oxygen atoms in total. The molecule has 0 atom stereocenters. The number of nitrogens with one attached hydrogen (secondary N) is 1. The summed E-state index contributed by atoms with van der Waals surface area (Å²) in [4.78, 5) is 0.531. The predicted octanol–water partition coefficient (Wildman–Crippen LogP) is 3.77. The highest BCUT2D eigenvalue weighted by Crippen LogP contribution is 2.18. The number of ether oxygens (including phenoxy) is 1. The van der Waals surface area contributed by atoms with Gasteiger partial charge in [0.15, 0.2) is 4.80 Å². The van der Waals surface area contributed by atoms with Crippen LogP contribution in [0.1, 0.15) is 18.1 Å². The van der Waals surface area contributed by atoms with Crippen LogP contribution in [-0.2, 0) is 21.4 Å². The molecular formula is C19H24N2O4S2. The second kappa shape index (κ2) is 9.27. The first-order chi connectivity index (χ1) is 12.7. The summed E-state index contributed by atoms with van der Waals surface area (Å²) < 4.78 is 38.1. The summed E-state index contributed by atoms with van der Waals surface area (Å²) in [6, 6.07) is 12.3. The van der Waals surface area contributed by atoms with Gasteiger partial charge in [-0.25, -0.2) is 0 Å². The molecule has 2 N–H and O–H groups in total. The lowest BCUT2D eigenvalue weighted by Gasteiger charge is -2.04. The molecule has 3 rings (SSSR count). The summed E-state index contributed by atoms with van der Waals surface area (Å²) >= 11 is 1.53. The summed E-state index contributed by atoms with van der Waals surface area (Å²) in [5, 5.41) is 7.93. The van der Waals surface area contributed by atoms with Gasteiger partial charge in [0, 0.05) is 13.2 Å². The van der Waals surface area contributed by atoms with E-state index in [1.165, 1.54) is 33.7 Å². The number of hydrogen-bond acceptors (Lipinski definition) is 5. The first-order valence-electron chi connectivity index (χ1n) is 8.49. The van der Waals surface area contributed by atoms with Crippen molar-refractivity contribution in [2.75, 3.05) is 13.2 Å². The van der Waals surface area contributed by atoms with Crippen LogP contribution in [0.2, 0.25) is 0 Å². The number of thiazole rings is 1. The van der Waals surface area contributed by atoms with Crippen molar-refractivity contribution in [2.45, 2.75) is 32.2 Å². The van der Waals surface area contributed by atoms with E-state index in [4.69, 9.17) is 14.7 Å². The molecule has 146 valence electrons. The van der Waals surface area contributed by atoms with E-state index in [0.29, 0.717) is 11.4 Å². The standard InChI is InChI=1S/C12H16N2OS.C7H8O3S/c1-3-15-7-6-14-10-5-4-9(2)8-11(10)16-12(14)13;1-6-2-4-7(5-3-6)11(8,9)10/h4-5,8,13H,3,6-7H2,1-2H3;2-5H,1H3,(H,8,9,10). The Morgan fingerprint density at radius 2 is 1.74 bits per heavy atom. The van der Waals surface area contributed by atoms with E-state index in [0.717, 1.165) is 24.2 Å². The van der Waals surface area contributed by atoms with Crippen molar-refractivity contribution in [3.05, 3.63) is 58.4 Å². The fourth-order valence-electron chi connectivity index (χ4n) is 2.43. The van der Waals surface area contributed by atoms with E-state index >= 15 is 0 Å². The molecule has 0 aliphatic heterocycles. The second-order valence-corrected chi connectivity index (χ2v) is 8.47. The molecule has 1 heterocycles. The van der Waals surface area contributed by atoms with Gasteiger partial charge in [-0.1, -0.05) is 35.1 Å². The van der Waals surface area contributed by atoms with Gasteiger partial charge in [-0.3, -0.25) is 9.96 Å². The van der Waals surface area contributed by atoms with E-state index in [2.05, 4.69) is 25.1 Å². The molecule has 0 aliphatic carbocycles. The van der Waals surface area contributed by atoms with Gasteiger partial charge in [0.25, 0.3) is 10.1 Å². The number of hydrogen-bond donors (Lipinski definition) is 2. The molecule has 3 aromatic rings. The van der Waals surface area contributed by atoms with Crippen LogP contribution < -0.4 is 4.80 Å². The fourth-order valence-corrected chi connectivity index (χ4v) is 3.94. The molecule has 0 spiro atoms. The zero-order chi connectivity index (χ0) is 20.0. The maximum atomic E-state index is 10.5. The van der Waals surface area contributed by atoms with Crippen LogP contribution in [0.5, 0.6) is 0 Å². The third-order valence-corrected chi connectivity index (χ3v) is 5.67. The predicted molar refractivity (Wildman–Crippen MR) is 108 cm³/mol. The molecule has 0 amide bonds. The minimum absolute atomic E-state index is 0.0666. The number of fused-ring (bicyclic) bond motifs is 1. The molecule has 8 heteroatoms. The molecule has 0 fully saturated rings. The van der Waals surface area contributed by atoms with E-state index in [9.17, 15) is 8.42 Å². The van der Waals surface area contributed by atoms with Gasteiger partial charge in [0.1, 0.15) is 0 Å². The van der Waals surface area contributed by atoms with Gasteiger partial charge in [-0.15, -0.1) is 0 Å². The first kappa shape index (κ1) is 21.3. The number of aromatic nitrogens is 1. The molecule has 27 heavy (non-hydrogen) atoms. The lowest BCUT2D eigenvalue weighted by molar-refractivity contribution is 0.139. The minimum atomic E-state index is -4.02. The van der Waals surface area contributed by atoms with Crippen LogP contribution in [0.15, 0.2) is 47.4 Å². The third kappa shape index (κ3) is 6.00. The first-order valence-corrected chi connectivity index (χ1v) is 10.7. The second-order valence-electron chi connectivity index (χ2n) is 6.02. The van der Waals surface area contributed by atoms with Crippen molar-refractivity contribution in [3.8, 4) is 0 Å². The zero-order valence-electron chi connectivity index (χ0n) is 15.6. The van der Waals surface area contributed by atoms with Crippen molar-refractivity contribution in [2.24, 2.45) is 0 Å². The van der Waals surface area contributed by atoms with Gasteiger partial charge < -0.3 is 9.30 Å². The fraction of sp³-hybridized carbons (Fsp3) is 0.316. The monoisotopic (exact) mass is 408 g/mol. The van der Waals surface area contributed by atoms with E-state index in [-0.39, 0.29) is 4.90 Å². The topological polar surface area (TPSA) is 92.4 Å². The summed E-state index contributed by atoms with van der Waals surface area (Å²) in [6.07, 6.45) is 0. The minimum Gasteiger partial charge on any atom is -0.380 e. The summed E-state index contributed by atoms with van der Waals surface area (Å²) in [5.41, 5.74) is 3.34. The molecule has 0 radical (unpaired) electrons. The van der Waals surface area contributed by atoms with E-state index in [1.54, 1.807) is 12.1 Å². The number of aryl methyl sites for hydroxylation is 2. The number of nitrogens with zero attached hydrogens (tertiary/aromatic N) is 1. The summed E-state index contributed by atoms with van der Waals surface area (Å²) in [7, 11) is -4.02. The van der Waals surface area contributed by atoms with Crippen molar-refractivity contribution in [1.29, 1.82) is 5.41 Å². The van der Waals surface area contributed by atoms with Gasteiger partial charge in [-0.2, -0.15) is 8.42 Å². The Morgan fingerprint density at radius 1 is 1.11 bits per heavy atom. The smallest absolute Gasteiger partial charge is 0.294 e. The van der Waals surface area contributed by atoms with Crippen LogP contribution in [0.25, 0.3) is 10.2 Å². The molecule has 0 unspecified atom stereocenters. The maximum absolute atomic E-state index is 10.5. The number of rotatable bonds is 5. The third-order valence-electron chi connectivity index (χ3n) is 3.84. The Bertz CT molecular complexity index is 1050. The number of benzene rings is 2. The molecule has 0 saturated carbocycles. The van der Waals surface area contributed by atoms with Crippen molar-refractivity contribution < 1.29 is 17.7 Å². The van der Waals surface area contributed by atoms with Gasteiger partial charge in [0.2, 0.25) is 0 Å². The summed E-state index contributed by atoms with van der Waals surface area (Å²) in [5.74, 6) is 0. The highest BCUT2D eigenvalue weighted by Gasteiger charge is 2.07. The van der Waals surface area contributed by atoms with Gasteiger partial charge >= 0.3 is 0 Å². The van der Waals surface area contributed by atoms with Crippen molar-refractivity contribution in [1.82, 2.24) is 4.57 Å². The van der Waals surface area contributed by atoms with Crippen LogP contribution in [0.4, 0.5) is 0 Å². The normalized spacial score (nSPS) is 11.3. The lowest BCUT2D eigenvalue weighted by Crippen LogP contribution is -2.16. The van der Waals surface area contributed by atoms with Crippen LogP contribution >= 0.6 is 11.3 Å². The van der Waals surface area contributed by atoms with E-state index < -0.39 is 10.1 Å². The average Bonchev–Trinajstić information content (AvgIpc) is 2.90. The van der Waals surface area contributed by atoms with Crippen LogP contribution in [0.3, 0.4) is 0 Å². The van der Waals surface area contributed by atoms with Gasteiger partial charge in [0.05, 0.1) is 21.7 Å². The molecule has 0 saturated heterocycles. The highest BCUT2D eigenvalue weighted by molar-refractivity contribution is 7.85. The van der Waals surface area contributed by atoms with E-state index in [1.807, 2.05) is 18.4 Å². The van der Waals surface area contributed by atoms with Crippen molar-refractivity contribution in [3.63, 3.8) is 0 Å². The maximum Gasteiger partial charge on any atom is 0.294 e. The highest BCUT2D eigenvalue weighted by atomic mass is 32.2. The Labute approximate surface area is 163 Å². The molecule has 1 aromatic heterocycles. The molecule has 0 bridgehead atoms. The largest absolute Gasteiger partial charge is 0.380 e.